The van der Waals surface area contributed by atoms with Gasteiger partial charge in [0.15, 0.2) is 0 Å². The van der Waals surface area contributed by atoms with Crippen LogP contribution in [0.3, 0.4) is 0 Å². The first-order valence-electron chi connectivity index (χ1n) is 7.64. The second-order valence-corrected chi connectivity index (χ2v) is 6.58. The van der Waals surface area contributed by atoms with Gasteiger partial charge >= 0.3 is 0 Å². The largest absolute Gasteiger partial charge is 0.389 e. The summed E-state index contributed by atoms with van der Waals surface area (Å²) in [6.45, 7) is 8.55. The lowest BCUT2D eigenvalue weighted by Gasteiger charge is -2.29. The van der Waals surface area contributed by atoms with Gasteiger partial charge in [0, 0.05) is 32.6 Å². The number of aryl methyl sites for hydroxylation is 1. The molecule has 4 nitrogen and oxygen atoms in total. The fourth-order valence-corrected chi connectivity index (χ4v) is 2.71. The first-order valence-corrected chi connectivity index (χ1v) is 7.64. The van der Waals surface area contributed by atoms with Gasteiger partial charge < -0.3 is 10.4 Å². The van der Waals surface area contributed by atoms with E-state index in [4.69, 9.17) is 0 Å². The molecule has 0 unspecified atom stereocenters. The molecule has 1 aromatic rings. The number of nitrogens with zero attached hydrogens (tertiary/aromatic N) is 1. The number of amides is 1. The van der Waals surface area contributed by atoms with Crippen LogP contribution in [0.15, 0.2) is 18.2 Å². The summed E-state index contributed by atoms with van der Waals surface area (Å²) >= 11 is 0. The fourth-order valence-electron chi connectivity index (χ4n) is 2.71. The first-order chi connectivity index (χ1) is 9.85. The number of hydrogen-bond donors (Lipinski definition) is 2. The summed E-state index contributed by atoms with van der Waals surface area (Å²) in [6.07, 6.45) is 1.55. The molecule has 0 aromatic heterocycles. The molecule has 0 saturated carbocycles. The zero-order valence-corrected chi connectivity index (χ0v) is 13.3. The number of rotatable bonds is 5. The molecule has 1 aromatic carbocycles. The predicted octanol–water partition coefficient (Wildman–Crippen LogP) is 1.63. The molecule has 0 atom stereocenters. The highest BCUT2D eigenvalue weighted by atomic mass is 16.3. The minimum Gasteiger partial charge on any atom is -0.389 e. The quantitative estimate of drug-likeness (QED) is 0.866. The molecule has 2 N–H and O–H groups in total. The van der Waals surface area contributed by atoms with E-state index in [1.165, 1.54) is 16.7 Å². The molecule has 1 amide bonds. The standard InChI is InChI=1S/C17H26N2O2/c1-13-5-4-6-14-11-19(9-7-15(13)14)10-8-16(20)18-12-17(2,3)21/h4-6,21H,7-12H2,1-3H3,(H,18,20). The van der Waals surface area contributed by atoms with Gasteiger partial charge in [-0.05, 0) is 43.9 Å². The number of fused-ring (bicyclic) bond motifs is 1. The normalized spacial score (nSPS) is 15.6. The van der Waals surface area contributed by atoms with Gasteiger partial charge in [-0.15, -0.1) is 0 Å². The molecule has 21 heavy (non-hydrogen) atoms. The molecule has 1 aliphatic heterocycles. The van der Waals surface area contributed by atoms with E-state index in [1.54, 1.807) is 13.8 Å². The average Bonchev–Trinajstić information content (AvgIpc) is 2.42. The third-order valence-corrected chi connectivity index (χ3v) is 3.95. The van der Waals surface area contributed by atoms with Crippen molar-refractivity contribution in [3.8, 4) is 0 Å². The molecule has 0 fully saturated rings. The van der Waals surface area contributed by atoms with E-state index in [1.807, 2.05) is 0 Å². The lowest BCUT2D eigenvalue weighted by molar-refractivity contribution is -0.122. The maximum Gasteiger partial charge on any atom is 0.221 e. The minimum absolute atomic E-state index is 0.00663. The van der Waals surface area contributed by atoms with E-state index >= 15 is 0 Å². The van der Waals surface area contributed by atoms with Crippen molar-refractivity contribution in [2.45, 2.75) is 45.8 Å². The second-order valence-electron chi connectivity index (χ2n) is 6.58. The van der Waals surface area contributed by atoms with Gasteiger partial charge in [-0.1, -0.05) is 18.2 Å². The van der Waals surface area contributed by atoms with E-state index in [-0.39, 0.29) is 5.91 Å². The smallest absolute Gasteiger partial charge is 0.221 e. The summed E-state index contributed by atoms with van der Waals surface area (Å²) in [5.74, 6) is 0.00663. The van der Waals surface area contributed by atoms with E-state index in [0.717, 1.165) is 26.1 Å². The summed E-state index contributed by atoms with van der Waals surface area (Å²) in [5.41, 5.74) is 3.38. The van der Waals surface area contributed by atoms with Gasteiger partial charge in [0.25, 0.3) is 0 Å². The Balaban J connectivity index is 1.79. The lowest BCUT2D eigenvalue weighted by Crippen LogP contribution is -2.40. The average molecular weight is 290 g/mol. The maximum absolute atomic E-state index is 11.8. The number of aliphatic hydroxyl groups is 1. The monoisotopic (exact) mass is 290 g/mol. The van der Waals surface area contributed by atoms with Crippen LogP contribution in [0.5, 0.6) is 0 Å². The number of carbonyl (C=O) groups is 1. The van der Waals surface area contributed by atoms with Gasteiger partial charge in [-0.25, -0.2) is 0 Å². The Bertz CT molecular complexity index is 506. The number of carbonyl (C=O) groups excluding carboxylic acids is 1. The highest BCUT2D eigenvalue weighted by Crippen LogP contribution is 2.21. The zero-order valence-electron chi connectivity index (χ0n) is 13.3. The van der Waals surface area contributed by atoms with Crippen LogP contribution in [0, 0.1) is 6.92 Å². The van der Waals surface area contributed by atoms with Crippen LogP contribution in [0.2, 0.25) is 0 Å². The second kappa shape index (κ2) is 6.58. The van der Waals surface area contributed by atoms with Crippen molar-refractivity contribution in [2.75, 3.05) is 19.6 Å². The molecule has 0 spiro atoms. The van der Waals surface area contributed by atoms with Crippen molar-refractivity contribution in [3.05, 3.63) is 34.9 Å². The summed E-state index contributed by atoms with van der Waals surface area (Å²) in [5, 5.41) is 12.4. The molecule has 1 aliphatic rings. The molecule has 0 bridgehead atoms. The Hall–Kier alpha value is -1.39. The van der Waals surface area contributed by atoms with Crippen molar-refractivity contribution in [3.63, 3.8) is 0 Å². The summed E-state index contributed by atoms with van der Waals surface area (Å²) < 4.78 is 0. The molecule has 0 aliphatic carbocycles. The van der Waals surface area contributed by atoms with Gasteiger partial charge in [-0.3, -0.25) is 9.69 Å². The van der Waals surface area contributed by atoms with Crippen molar-refractivity contribution >= 4 is 5.91 Å². The van der Waals surface area contributed by atoms with Gasteiger partial charge in [0.1, 0.15) is 0 Å². The maximum atomic E-state index is 11.8. The van der Waals surface area contributed by atoms with Gasteiger partial charge in [0.2, 0.25) is 5.91 Å². The first kappa shape index (κ1) is 16.0. The molecule has 0 saturated heterocycles. The Morgan fingerprint density at radius 1 is 1.43 bits per heavy atom. The lowest BCUT2D eigenvalue weighted by atomic mass is 9.95. The molecule has 4 heteroatoms. The predicted molar refractivity (Wildman–Crippen MR) is 84.1 cm³/mol. The topological polar surface area (TPSA) is 52.6 Å². The van der Waals surface area contributed by atoms with Crippen LogP contribution in [-0.2, 0) is 17.8 Å². The Morgan fingerprint density at radius 2 is 2.19 bits per heavy atom. The third kappa shape index (κ3) is 4.83. The van der Waals surface area contributed by atoms with E-state index in [0.29, 0.717) is 13.0 Å². The van der Waals surface area contributed by atoms with Crippen molar-refractivity contribution in [1.82, 2.24) is 10.2 Å². The van der Waals surface area contributed by atoms with Crippen molar-refractivity contribution < 1.29 is 9.90 Å². The fraction of sp³-hybridized carbons (Fsp3) is 0.588. The highest BCUT2D eigenvalue weighted by Gasteiger charge is 2.18. The molecular formula is C17H26N2O2. The molecular weight excluding hydrogens is 264 g/mol. The van der Waals surface area contributed by atoms with E-state index in [2.05, 4.69) is 35.3 Å². The van der Waals surface area contributed by atoms with Crippen molar-refractivity contribution in [2.24, 2.45) is 0 Å². The van der Waals surface area contributed by atoms with Crippen LogP contribution in [0.25, 0.3) is 0 Å². The van der Waals surface area contributed by atoms with E-state index < -0.39 is 5.60 Å². The zero-order chi connectivity index (χ0) is 15.5. The molecule has 0 radical (unpaired) electrons. The summed E-state index contributed by atoms with van der Waals surface area (Å²) in [6, 6.07) is 6.45. The van der Waals surface area contributed by atoms with Crippen LogP contribution < -0.4 is 5.32 Å². The molecule has 2 rings (SSSR count). The highest BCUT2D eigenvalue weighted by molar-refractivity contribution is 5.76. The minimum atomic E-state index is -0.850. The van der Waals surface area contributed by atoms with Crippen molar-refractivity contribution in [1.29, 1.82) is 0 Å². The van der Waals surface area contributed by atoms with Crippen LogP contribution >= 0.6 is 0 Å². The SMILES string of the molecule is Cc1cccc2c1CCN(CCC(=O)NCC(C)(C)O)C2. The van der Waals surface area contributed by atoms with Crippen LogP contribution in [0.1, 0.15) is 37.0 Å². The number of nitrogens with one attached hydrogen (secondary N) is 1. The summed E-state index contributed by atoms with van der Waals surface area (Å²) in [4.78, 5) is 14.1. The molecule has 1 heterocycles. The van der Waals surface area contributed by atoms with Crippen LogP contribution in [-0.4, -0.2) is 41.1 Å². The summed E-state index contributed by atoms with van der Waals surface area (Å²) in [7, 11) is 0. The number of hydrogen-bond acceptors (Lipinski definition) is 3. The Labute approximate surface area is 127 Å². The third-order valence-electron chi connectivity index (χ3n) is 3.95. The number of benzene rings is 1. The van der Waals surface area contributed by atoms with E-state index in [9.17, 15) is 9.90 Å². The Morgan fingerprint density at radius 3 is 2.90 bits per heavy atom. The van der Waals surface area contributed by atoms with Crippen LogP contribution in [0.4, 0.5) is 0 Å². The van der Waals surface area contributed by atoms with Gasteiger partial charge in [-0.2, -0.15) is 0 Å². The van der Waals surface area contributed by atoms with Gasteiger partial charge in [0.05, 0.1) is 5.60 Å². The Kier molecular flexibility index (Phi) is 5.01. The molecule has 116 valence electrons.